The van der Waals surface area contributed by atoms with Crippen molar-refractivity contribution in [2.24, 2.45) is 0 Å². The molecule has 1 unspecified atom stereocenters. The predicted molar refractivity (Wildman–Crippen MR) is 54.8 cm³/mol. The summed E-state index contributed by atoms with van der Waals surface area (Å²) in [5.74, 6) is -2.48. The van der Waals surface area contributed by atoms with E-state index in [0.29, 0.717) is 5.82 Å². The van der Waals surface area contributed by atoms with Crippen LogP contribution >= 0.6 is 11.6 Å². The Morgan fingerprint density at radius 2 is 2.31 bits per heavy atom. The molecule has 1 saturated heterocycles. The molecule has 0 saturated carbocycles. The Kier molecular flexibility index (Phi) is 2.94. The van der Waals surface area contributed by atoms with Crippen molar-refractivity contribution >= 4 is 17.4 Å². The lowest BCUT2D eigenvalue weighted by Gasteiger charge is -2.22. The summed E-state index contributed by atoms with van der Waals surface area (Å²) in [7, 11) is 0. The fourth-order valence-electron chi connectivity index (χ4n) is 1.81. The lowest BCUT2D eigenvalue weighted by molar-refractivity contribution is 0.0201. The van der Waals surface area contributed by atoms with Gasteiger partial charge in [-0.25, -0.2) is 18.7 Å². The van der Waals surface area contributed by atoms with Crippen molar-refractivity contribution < 1.29 is 13.9 Å². The highest BCUT2D eigenvalue weighted by Gasteiger charge is 2.45. The first kappa shape index (κ1) is 11.5. The average molecular weight is 250 g/mol. The maximum absolute atomic E-state index is 13.2. The Morgan fingerprint density at radius 1 is 1.56 bits per heavy atom. The highest BCUT2D eigenvalue weighted by atomic mass is 35.5. The normalized spacial score (nSPS) is 23.8. The van der Waals surface area contributed by atoms with E-state index in [1.54, 1.807) is 0 Å². The highest BCUT2D eigenvalue weighted by molar-refractivity contribution is 6.29. The monoisotopic (exact) mass is 249 g/mol. The van der Waals surface area contributed by atoms with Gasteiger partial charge in [-0.2, -0.15) is 0 Å². The Hall–Kier alpha value is -1.01. The first-order chi connectivity index (χ1) is 7.52. The van der Waals surface area contributed by atoms with Crippen LogP contribution in [-0.2, 0) is 0 Å². The molecule has 88 valence electrons. The van der Waals surface area contributed by atoms with Gasteiger partial charge in [-0.1, -0.05) is 11.6 Å². The molecule has 1 fully saturated rings. The van der Waals surface area contributed by atoms with Crippen LogP contribution in [0.25, 0.3) is 0 Å². The van der Waals surface area contributed by atoms with Crippen molar-refractivity contribution in [1.82, 2.24) is 9.97 Å². The lowest BCUT2D eigenvalue weighted by atomic mass is 10.2. The van der Waals surface area contributed by atoms with E-state index < -0.39 is 18.5 Å². The first-order valence-corrected chi connectivity index (χ1v) is 5.12. The zero-order valence-corrected chi connectivity index (χ0v) is 9.03. The molecule has 2 heterocycles. The molecule has 0 spiro atoms. The summed E-state index contributed by atoms with van der Waals surface area (Å²) in [6.45, 7) is -0.789. The Labute approximate surface area is 95.9 Å². The molecule has 1 aliphatic rings. The number of halogens is 3. The molecule has 1 aliphatic heterocycles. The molecule has 4 nitrogen and oxygen atoms in total. The number of hydrogen-bond acceptors (Lipinski definition) is 4. The molecule has 0 amide bonds. The minimum absolute atomic E-state index is 0.192. The van der Waals surface area contributed by atoms with Gasteiger partial charge >= 0.3 is 0 Å². The number of nitrogens with zero attached hydrogens (tertiary/aromatic N) is 3. The van der Waals surface area contributed by atoms with E-state index in [4.69, 9.17) is 16.7 Å². The fourth-order valence-corrected chi connectivity index (χ4v) is 1.95. The summed E-state index contributed by atoms with van der Waals surface area (Å²) in [5, 5.41) is 9.24. The second kappa shape index (κ2) is 4.10. The van der Waals surface area contributed by atoms with Crippen LogP contribution < -0.4 is 4.90 Å². The Bertz CT molecular complexity index is 391. The topological polar surface area (TPSA) is 49.2 Å². The summed E-state index contributed by atoms with van der Waals surface area (Å²) < 4.78 is 26.4. The molecule has 1 N–H and O–H groups in total. The van der Waals surface area contributed by atoms with Crippen molar-refractivity contribution in [3.8, 4) is 0 Å². The molecule has 0 bridgehead atoms. The predicted octanol–water partition coefficient (Wildman–Crippen LogP) is 1.34. The molecule has 0 radical (unpaired) electrons. The summed E-state index contributed by atoms with van der Waals surface area (Å²) in [6, 6.07) is 0.784. The molecule has 2 rings (SSSR count). The molecule has 7 heteroatoms. The third-order valence-corrected chi connectivity index (χ3v) is 2.71. The number of aliphatic hydroxyl groups is 1. The third kappa shape index (κ3) is 2.22. The zero-order chi connectivity index (χ0) is 11.8. The lowest BCUT2D eigenvalue weighted by Crippen LogP contribution is -2.33. The second-order valence-electron chi connectivity index (χ2n) is 3.72. The van der Waals surface area contributed by atoms with Crippen molar-refractivity contribution in [2.75, 3.05) is 18.1 Å². The van der Waals surface area contributed by atoms with E-state index in [0.717, 1.165) is 0 Å². The van der Waals surface area contributed by atoms with Gasteiger partial charge in [-0.15, -0.1) is 0 Å². The van der Waals surface area contributed by atoms with Gasteiger partial charge in [0, 0.05) is 12.5 Å². The number of alkyl halides is 2. The quantitative estimate of drug-likeness (QED) is 0.804. The number of aliphatic hydroxyl groups excluding tert-OH is 1. The van der Waals surface area contributed by atoms with Gasteiger partial charge in [0.1, 0.15) is 17.3 Å². The van der Waals surface area contributed by atoms with Gasteiger partial charge < -0.3 is 10.0 Å². The van der Waals surface area contributed by atoms with Crippen LogP contribution in [-0.4, -0.2) is 40.2 Å². The van der Waals surface area contributed by atoms with Crippen LogP contribution in [0.3, 0.4) is 0 Å². The van der Waals surface area contributed by atoms with Crippen molar-refractivity contribution in [3.05, 3.63) is 17.5 Å². The number of anilines is 1. The smallest absolute Gasteiger partial charge is 0.267 e. The summed E-state index contributed by atoms with van der Waals surface area (Å²) in [5.41, 5.74) is 0. The number of rotatable bonds is 2. The maximum Gasteiger partial charge on any atom is 0.267 e. The van der Waals surface area contributed by atoms with Crippen molar-refractivity contribution in [2.45, 2.75) is 18.4 Å². The Morgan fingerprint density at radius 3 is 2.94 bits per heavy atom. The molecule has 1 atom stereocenters. The minimum atomic E-state index is -2.80. The maximum atomic E-state index is 13.2. The van der Waals surface area contributed by atoms with Gasteiger partial charge in [0.15, 0.2) is 0 Å². The van der Waals surface area contributed by atoms with E-state index >= 15 is 0 Å². The van der Waals surface area contributed by atoms with E-state index in [9.17, 15) is 8.78 Å². The molecule has 1 aromatic rings. The SMILES string of the molecule is OCC1CC(F)(F)CN1c1cc(Cl)ncn1. The summed E-state index contributed by atoms with van der Waals surface area (Å²) >= 11 is 5.66. The standard InChI is InChI=1S/C9H10ClF2N3O/c10-7-1-8(14-5-13-7)15-4-9(11,12)2-6(15)3-16/h1,5-6,16H,2-4H2. The first-order valence-electron chi connectivity index (χ1n) is 4.75. The molecule has 0 aliphatic carbocycles. The molecular weight excluding hydrogens is 240 g/mol. The average Bonchev–Trinajstić information content (AvgIpc) is 2.54. The van der Waals surface area contributed by atoms with Crippen molar-refractivity contribution in [3.63, 3.8) is 0 Å². The van der Waals surface area contributed by atoms with Crippen LogP contribution in [0.5, 0.6) is 0 Å². The van der Waals surface area contributed by atoms with Gasteiger partial charge in [0.25, 0.3) is 5.92 Å². The second-order valence-corrected chi connectivity index (χ2v) is 4.11. The minimum Gasteiger partial charge on any atom is -0.394 e. The largest absolute Gasteiger partial charge is 0.394 e. The highest BCUT2D eigenvalue weighted by Crippen LogP contribution is 2.34. The zero-order valence-electron chi connectivity index (χ0n) is 8.28. The van der Waals surface area contributed by atoms with Crippen LogP contribution in [0.15, 0.2) is 12.4 Å². The van der Waals surface area contributed by atoms with E-state index in [1.807, 2.05) is 0 Å². The third-order valence-electron chi connectivity index (χ3n) is 2.50. The summed E-state index contributed by atoms with van der Waals surface area (Å²) in [6.07, 6.45) is 0.841. The van der Waals surface area contributed by atoms with Gasteiger partial charge in [0.05, 0.1) is 19.2 Å². The number of hydrogen-bond donors (Lipinski definition) is 1. The van der Waals surface area contributed by atoms with Gasteiger partial charge in [-0.3, -0.25) is 0 Å². The number of aromatic nitrogens is 2. The van der Waals surface area contributed by atoms with E-state index in [1.165, 1.54) is 17.3 Å². The van der Waals surface area contributed by atoms with E-state index in [-0.39, 0.29) is 18.2 Å². The Balaban J connectivity index is 2.26. The van der Waals surface area contributed by atoms with E-state index in [2.05, 4.69) is 9.97 Å². The molecule has 1 aromatic heterocycles. The van der Waals surface area contributed by atoms with Gasteiger partial charge in [0.2, 0.25) is 0 Å². The van der Waals surface area contributed by atoms with Gasteiger partial charge in [-0.05, 0) is 0 Å². The molecule has 0 aromatic carbocycles. The van der Waals surface area contributed by atoms with Crippen LogP contribution in [0.2, 0.25) is 5.15 Å². The van der Waals surface area contributed by atoms with Crippen LogP contribution in [0.1, 0.15) is 6.42 Å². The van der Waals surface area contributed by atoms with Crippen molar-refractivity contribution in [1.29, 1.82) is 0 Å². The fraction of sp³-hybridized carbons (Fsp3) is 0.556. The molecule has 16 heavy (non-hydrogen) atoms. The van der Waals surface area contributed by atoms with Crippen LogP contribution in [0, 0.1) is 0 Å². The molecular formula is C9H10ClF2N3O. The van der Waals surface area contributed by atoms with Crippen LogP contribution in [0.4, 0.5) is 14.6 Å². The summed E-state index contributed by atoms with van der Waals surface area (Å²) in [4.78, 5) is 8.90.